The topological polar surface area (TPSA) is 32.3 Å². The maximum atomic E-state index is 8.84. The zero-order valence-electron chi connectivity index (χ0n) is 9.65. The lowest BCUT2D eigenvalue weighted by atomic mass is 10.1. The summed E-state index contributed by atoms with van der Waals surface area (Å²) in [6.45, 7) is 1.25. The number of anilines is 1. The Labute approximate surface area is 103 Å². The number of para-hydroxylation sites is 1. The molecule has 1 aromatic carbocycles. The van der Waals surface area contributed by atoms with Crippen LogP contribution in [-0.2, 0) is 6.42 Å². The van der Waals surface area contributed by atoms with Crippen LogP contribution in [0.15, 0.2) is 24.3 Å². The lowest BCUT2D eigenvalue weighted by Crippen LogP contribution is -2.04. The summed E-state index contributed by atoms with van der Waals surface area (Å²) in [6.07, 6.45) is 4.06. The molecule has 0 aromatic heterocycles. The largest absolute Gasteiger partial charge is 0.396 e. The molecule has 0 saturated heterocycles. The number of rotatable bonds is 8. The minimum atomic E-state index is 0.258. The van der Waals surface area contributed by atoms with Crippen LogP contribution in [0.25, 0.3) is 0 Å². The molecule has 0 bridgehead atoms. The number of hydrogen-bond donors (Lipinski definition) is 3. The van der Waals surface area contributed by atoms with Crippen LogP contribution in [0.3, 0.4) is 0 Å². The van der Waals surface area contributed by atoms with Gasteiger partial charge in [0.15, 0.2) is 0 Å². The molecule has 0 spiro atoms. The summed E-state index contributed by atoms with van der Waals surface area (Å²) in [5.74, 6) is 0.952. The average molecular weight is 239 g/mol. The van der Waals surface area contributed by atoms with E-state index in [-0.39, 0.29) is 6.61 Å². The Balaban J connectivity index is 2.43. The molecule has 3 heteroatoms. The van der Waals surface area contributed by atoms with Gasteiger partial charge in [0, 0.05) is 18.8 Å². The molecule has 1 rings (SSSR count). The summed E-state index contributed by atoms with van der Waals surface area (Å²) in [5, 5.41) is 12.3. The molecule has 0 atom stereocenters. The van der Waals surface area contributed by atoms with Gasteiger partial charge >= 0.3 is 0 Å². The summed E-state index contributed by atoms with van der Waals surface area (Å²) in [6, 6.07) is 8.32. The first-order chi connectivity index (χ1) is 7.88. The van der Waals surface area contributed by atoms with Crippen molar-refractivity contribution in [2.75, 3.05) is 24.2 Å². The van der Waals surface area contributed by atoms with Crippen molar-refractivity contribution in [2.45, 2.75) is 25.7 Å². The van der Waals surface area contributed by atoms with E-state index in [2.05, 4.69) is 30.1 Å². The van der Waals surface area contributed by atoms with Crippen molar-refractivity contribution < 1.29 is 5.11 Å². The van der Waals surface area contributed by atoms with Crippen LogP contribution < -0.4 is 5.32 Å². The fraction of sp³-hybridized carbons (Fsp3) is 0.538. The third-order valence-electron chi connectivity index (χ3n) is 2.52. The fourth-order valence-corrected chi connectivity index (χ4v) is 1.86. The van der Waals surface area contributed by atoms with Gasteiger partial charge in [-0.25, -0.2) is 0 Å². The Morgan fingerprint density at radius 2 is 1.94 bits per heavy atom. The second-order valence-electron chi connectivity index (χ2n) is 3.84. The van der Waals surface area contributed by atoms with Crippen LogP contribution in [0.1, 0.15) is 24.8 Å². The maximum absolute atomic E-state index is 8.84. The van der Waals surface area contributed by atoms with E-state index in [1.165, 1.54) is 11.3 Å². The number of aryl methyl sites for hydroxylation is 1. The van der Waals surface area contributed by atoms with Gasteiger partial charge in [-0.3, -0.25) is 0 Å². The second-order valence-corrected chi connectivity index (χ2v) is 4.29. The maximum Gasteiger partial charge on any atom is 0.0434 e. The van der Waals surface area contributed by atoms with Gasteiger partial charge in [0.25, 0.3) is 0 Å². The molecule has 1 aromatic rings. The number of aliphatic hydroxyl groups excluding tert-OH is 1. The number of nitrogens with one attached hydrogen (secondary N) is 1. The highest BCUT2D eigenvalue weighted by atomic mass is 32.1. The standard InChI is InChI=1S/C13H21NOS/c15-10-5-7-12-6-1-2-8-13(12)14-9-3-4-11-16/h1-2,6,8,14-16H,3-5,7,9-11H2. The number of aliphatic hydroxyl groups is 1. The highest BCUT2D eigenvalue weighted by Gasteiger charge is 2.00. The number of unbranched alkanes of at least 4 members (excludes halogenated alkanes) is 1. The zero-order chi connectivity index (χ0) is 11.6. The van der Waals surface area contributed by atoms with Crippen molar-refractivity contribution in [2.24, 2.45) is 0 Å². The Kier molecular flexibility index (Phi) is 7.10. The monoisotopic (exact) mass is 239 g/mol. The molecule has 90 valence electrons. The van der Waals surface area contributed by atoms with Crippen LogP contribution in [0.2, 0.25) is 0 Å². The van der Waals surface area contributed by atoms with E-state index < -0.39 is 0 Å². The Morgan fingerprint density at radius 1 is 1.12 bits per heavy atom. The van der Waals surface area contributed by atoms with Gasteiger partial charge in [-0.1, -0.05) is 18.2 Å². The van der Waals surface area contributed by atoms with E-state index in [0.717, 1.165) is 38.0 Å². The van der Waals surface area contributed by atoms with E-state index >= 15 is 0 Å². The molecule has 0 amide bonds. The van der Waals surface area contributed by atoms with Gasteiger partial charge in [0.05, 0.1) is 0 Å². The lowest BCUT2D eigenvalue weighted by Gasteiger charge is -2.11. The van der Waals surface area contributed by atoms with Crippen molar-refractivity contribution in [1.29, 1.82) is 0 Å². The second kappa shape index (κ2) is 8.48. The molecule has 16 heavy (non-hydrogen) atoms. The van der Waals surface area contributed by atoms with Crippen LogP contribution in [0, 0.1) is 0 Å². The van der Waals surface area contributed by atoms with Gasteiger partial charge < -0.3 is 10.4 Å². The first kappa shape index (κ1) is 13.4. The predicted octanol–water partition coefficient (Wildman–Crippen LogP) is 2.73. The summed E-state index contributed by atoms with van der Waals surface area (Å²) in [7, 11) is 0. The van der Waals surface area contributed by atoms with Gasteiger partial charge in [0.1, 0.15) is 0 Å². The molecule has 0 aliphatic heterocycles. The Hall–Kier alpha value is -0.670. The number of thiol groups is 1. The van der Waals surface area contributed by atoms with E-state index in [1.807, 2.05) is 12.1 Å². The van der Waals surface area contributed by atoms with Crippen LogP contribution in [0.4, 0.5) is 5.69 Å². The van der Waals surface area contributed by atoms with Crippen LogP contribution in [-0.4, -0.2) is 24.0 Å². The van der Waals surface area contributed by atoms with Gasteiger partial charge in [-0.2, -0.15) is 12.6 Å². The molecule has 0 saturated carbocycles. The third-order valence-corrected chi connectivity index (χ3v) is 2.84. The molecular formula is C13H21NOS. The highest BCUT2D eigenvalue weighted by molar-refractivity contribution is 7.80. The van der Waals surface area contributed by atoms with Crippen molar-refractivity contribution in [3.8, 4) is 0 Å². The molecule has 0 fully saturated rings. The summed E-state index contributed by atoms with van der Waals surface area (Å²) >= 11 is 4.19. The van der Waals surface area contributed by atoms with Gasteiger partial charge in [0.2, 0.25) is 0 Å². The zero-order valence-corrected chi connectivity index (χ0v) is 10.5. The minimum absolute atomic E-state index is 0.258. The summed E-state index contributed by atoms with van der Waals surface area (Å²) in [4.78, 5) is 0. The van der Waals surface area contributed by atoms with Crippen molar-refractivity contribution >= 4 is 18.3 Å². The van der Waals surface area contributed by atoms with Crippen molar-refractivity contribution in [1.82, 2.24) is 0 Å². The number of benzene rings is 1. The van der Waals surface area contributed by atoms with E-state index in [4.69, 9.17) is 5.11 Å². The van der Waals surface area contributed by atoms with E-state index in [0.29, 0.717) is 0 Å². The smallest absolute Gasteiger partial charge is 0.0434 e. The minimum Gasteiger partial charge on any atom is -0.396 e. The van der Waals surface area contributed by atoms with Crippen LogP contribution in [0.5, 0.6) is 0 Å². The van der Waals surface area contributed by atoms with E-state index in [9.17, 15) is 0 Å². The molecule has 0 aliphatic rings. The van der Waals surface area contributed by atoms with Crippen molar-refractivity contribution in [3.05, 3.63) is 29.8 Å². The molecule has 0 unspecified atom stereocenters. The van der Waals surface area contributed by atoms with E-state index in [1.54, 1.807) is 0 Å². The van der Waals surface area contributed by atoms with Gasteiger partial charge in [-0.05, 0) is 43.1 Å². The Bertz CT molecular complexity index is 291. The highest BCUT2D eigenvalue weighted by Crippen LogP contribution is 2.16. The molecule has 0 radical (unpaired) electrons. The first-order valence-electron chi connectivity index (χ1n) is 5.92. The number of hydrogen-bond acceptors (Lipinski definition) is 3. The fourth-order valence-electron chi connectivity index (χ4n) is 1.64. The van der Waals surface area contributed by atoms with Crippen LogP contribution >= 0.6 is 12.6 Å². The Morgan fingerprint density at radius 3 is 2.69 bits per heavy atom. The first-order valence-corrected chi connectivity index (χ1v) is 6.55. The summed E-state index contributed by atoms with van der Waals surface area (Å²) < 4.78 is 0. The molecule has 2 nitrogen and oxygen atoms in total. The molecule has 2 N–H and O–H groups in total. The SMILES string of the molecule is OCCCc1ccccc1NCCCCS. The molecule has 0 heterocycles. The quantitative estimate of drug-likeness (QED) is 0.481. The molecular weight excluding hydrogens is 218 g/mol. The predicted molar refractivity (Wildman–Crippen MR) is 73.4 cm³/mol. The normalized spacial score (nSPS) is 10.4. The van der Waals surface area contributed by atoms with Crippen molar-refractivity contribution in [3.63, 3.8) is 0 Å². The van der Waals surface area contributed by atoms with Gasteiger partial charge in [-0.15, -0.1) is 0 Å². The lowest BCUT2D eigenvalue weighted by molar-refractivity contribution is 0.288. The third kappa shape index (κ3) is 4.90. The average Bonchev–Trinajstić information content (AvgIpc) is 2.33. The summed E-state index contributed by atoms with van der Waals surface area (Å²) in [5.41, 5.74) is 2.50. The molecule has 0 aliphatic carbocycles.